The fourth-order valence-electron chi connectivity index (χ4n) is 1.93. The van der Waals surface area contributed by atoms with E-state index in [1.54, 1.807) is 19.0 Å². The number of carbonyl (C=O) groups excluding carboxylic acids is 1. The second-order valence-corrected chi connectivity index (χ2v) is 6.68. The molecule has 0 saturated heterocycles. The summed E-state index contributed by atoms with van der Waals surface area (Å²) in [6, 6.07) is 8.04. The van der Waals surface area contributed by atoms with E-state index < -0.39 is 0 Å². The van der Waals surface area contributed by atoms with Gasteiger partial charge in [0, 0.05) is 38.3 Å². The molecule has 0 aliphatic heterocycles. The lowest BCUT2D eigenvalue weighted by Crippen LogP contribution is -2.43. The van der Waals surface area contributed by atoms with Gasteiger partial charge in [-0.2, -0.15) is 0 Å². The number of unbranched alkanes of at least 4 members (excludes halogenated alkanes) is 1. The zero-order chi connectivity index (χ0) is 18.5. The summed E-state index contributed by atoms with van der Waals surface area (Å²) in [5.41, 5.74) is 1.11. The number of rotatable bonds is 10. The molecule has 6 nitrogen and oxygen atoms in total. The van der Waals surface area contributed by atoms with E-state index in [0.29, 0.717) is 12.5 Å². The maximum absolute atomic E-state index is 11.8. The summed E-state index contributed by atoms with van der Waals surface area (Å²) in [7, 11) is 3.48. The molecular weight excluding hydrogens is 511 g/mol. The molecule has 0 atom stereocenters. The third-order valence-corrected chi connectivity index (χ3v) is 3.98. The van der Waals surface area contributed by atoms with Crippen LogP contribution in [-0.4, -0.2) is 57.2 Å². The zero-order valence-corrected chi connectivity index (χ0v) is 19.7. The number of carbonyl (C=O) groups is 1. The molecule has 0 saturated carbocycles. The number of halogens is 2. The number of hydrogen-bond donors (Lipinski definition) is 2. The molecule has 0 aliphatic rings. The summed E-state index contributed by atoms with van der Waals surface area (Å²) in [5, 5.41) is 6.37. The van der Waals surface area contributed by atoms with E-state index in [1.807, 2.05) is 31.2 Å². The number of nitrogens with one attached hydrogen (secondary N) is 2. The van der Waals surface area contributed by atoms with E-state index in [2.05, 4.69) is 31.6 Å². The first-order valence-electron chi connectivity index (χ1n) is 8.57. The molecule has 0 aromatic heterocycles. The predicted octanol–water partition coefficient (Wildman–Crippen LogP) is 3.01. The van der Waals surface area contributed by atoms with Crippen molar-refractivity contribution in [1.82, 2.24) is 15.5 Å². The summed E-state index contributed by atoms with van der Waals surface area (Å²) >= 11 is 3.43. The van der Waals surface area contributed by atoms with Gasteiger partial charge in [0.2, 0.25) is 5.91 Å². The summed E-state index contributed by atoms with van der Waals surface area (Å²) in [5.74, 6) is 0.656. The van der Waals surface area contributed by atoms with Gasteiger partial charge in [0.15, 0.2) is 5.96 Å². The molecule has 1 aromatic carbocycles. The van der Waals surface area contributed by atoms with Crippen LogP contribution >= 0.6 is 39.9 Å². The topological polar surface area (TPSA) is 66.0 Å². The van der Waals surface area contributed by atoms with E-state index in [1.165, 1.54) is 0 Å². The molecule has 0 unspecified atom stereocenters. The van der Waals surface area contributed by atoms with Crippen LogP contribution in [0.25, 0.3) is 0 Å². The molecule has 26 heavy (non-hydrogen) atoms. The van der Waals surface area contributed by atoms with E-state index >= 15 is 0 Å². The molecule has 0 spiro atoms. The Morgan fingerprint density at radius 3 is 2.50 bits per heavy atom. The second kappa shape index (κ2) is 15.2. The van der Waals surface area contributed by atoms with E-state index in [9.17, 15) is 4.79 Å². The van der Waals surface area contributed by atoms with Gasteiger partial charge >= 0.3 is 0 Å². The van der Waals surface area contributed by atoms with Gasteiger partial charge in [0.25, 0.3) is 0 Å². The first-order valence-corrected chi connectivity index (χ1v) is 9.36. The highest BCUT2D eigenvalue weighted by Crippen LogP contribution is 2.11. The first-order chi connectivity index (χ1) is 12.0. The van der Waals surface area contributed by atoms with Crippen molar-refractivity contribution in [1.29, 1.82) is 0 Å². The molecule has 1 amide bonds. The van der Waals surface area contributed by atoms with Gasteiger partial charge in [-0.1, -0.05) is 28.1 Å². The molecular formula is C18H30BrIN4O2. The molecule has 8 heteroatoms. The minimum Gasteiger partial charge on any atom is -0.382 e. The van der Waals surface area contributed by atoms with Crippen LogP contribution in [0.1, 0.15) is 25.3 Å². The van der Waals surface area contributed by atoms with E-state index in [4.69, 9.17) is 4.74 Å². The van der Waals surface area contributed by atoms with Crippen LogP contribution in [-0.2, 0) is 16.1 Å². The summed E-state index contributed by atoms with van der Waals surface area (Å²) in [6.45, 7) is 5.08. The van der Waals surface area contributed by atoms with Gasteiger partial charge in [0.1, 0.15) is 0 Å². The second-order valence-electron chi connectivity index (χ2n) is 5.76. The highest BCUT2D eigenvalue weighted by atomic mass is 127. The Bertz CT molecular complexity index is 538. The number of likely N-dealkylation sites (N-methyl/N-ethyl adjacent to an activating group) is 1. The molecule has 2 N–H and O–H groups in total. The Labute approximate surface area is 182 Å². The lowest BCUT2D eigenvalue weighted by molar-refractivity contribution is -0.127. The van der Waals surface area contributed by atoms with Crippen molar-refractivity contribution >= 4 is 51.8 Å². The average molecular weight is 541 g/mol. The molecule has 0 radical (unpaired) electrons. The minimum absolute atomic E-state index is 0. The maximum atomic E-state index is 11.8. The number of aliphatic imine (C=N–C) groups is 1. The Morgan fingerprint density at radius 2 is 1.88 bits per heavy atom. The number of hydrogen-bond acceptors (Lipinski definition) is 3. The summed E-state index contributed by atoms with van der Waals surface area (Å²) < 4.78 is 6.38. The Hall–Kier alpha value is -0.870. The van der Waals surface area contributed by atoms with Crippen LogP contribution in [0.4, 0.5) is 0 Å². The number of nitrogens with zero attached hydrogens (tertiary/aromatic N) is 2. The summed E-state index contributed by atoms with van der Waals surface area (Å²) in [6.07, 6.45) is 1.98. The summed E-state index contributed by atoms with van der Waals surface area (Å²) in [4.78, 5) is 17.9. The van der Waals surface area contributed by atoms with Crippen LogP contribution < -0.4 is 10.6 Å². The monoisotopic (exact) mass is 540 g/mol. The molecule has 1 rings (SSSR count). The largest absolute Gasteiger partial charge is 0.382 e. The Balaban J connectivity index is 0.00000625. The molecule has 0 bridgehead atoms. The Kier molecular flexibility index (Phi) is 14.7. The van der Waals surface area contributed by atoms with E-state index in [-0.39, 0.29) is 36.4 Å². The number of amides is 1. The maximum Gasteiger partial charge on any atom is 0.241 e. The van der Waals surface area contributed by atoms with Gasteiger partial charge in [-0.15, -0.1) is 24.0 Å². The first kappa shape index (κ1) is 25.1. The van der Waals surface area contributed by atoms with Crippen molar-refractivity contribution in [3.05, 3.63) is 34.3 Å². The molecule has 1 aromatic rings. The highest BCUT2D eigenvalue weighted by Gasteiger charge is 2.05. The Morgan fingerprint density at radius 1 is 1.19 bits per heavy atom. The van der Waals surface area contributed by atoms with Crippen LogP contribution in [0.15, 0.2) is 33.7 Å². The van der Waals surface area contributed by atoms with Crippen LogP contribution in [0.2, 0.25) is 0 Å². The number of ether oxygens (including phenoxy) is 1. The molecule has 0 heterocycles. The lowest BCUT2D eigenvalue weighted by atomic mass is 10.2. The number of guanidine groups is 1. The van der Waals surface area contributed by atoms with Crippen molar-refractivity contribution in [2.75, 3.05) is 40.4 Å². The SMILES string of the molecule is CCOCCCCNC(=NCc1ccc(Br)cc1)NCC(=O)N(C)C.I. The van der Waals surface area contributed by atoms with Crippen molar-refractivity contribution in [2.45, 2.75) is 26.3 Å². The van der Waals surface area contributed by atoms with E-state index in [0.717, 1.165) is 42.6 Å². The fraction of sp³-hybridized carbons (Fsp3) is 0.556. The van der Waals surface area contributed by atoms with Crippen molar-refractivity contribution < 1.29 is 9.53 Å². The molecule has 0 fully saturated rings. The third kappa shape index (κ3) is 11.7. The zero-order valence-electron chi connectivity index (χ0n) is 15.8. The van der Waals surface area contributed by atoms with Crippen LogP contribution in [0.5, 0.6) is 0 Å². The molecule has 0 aliphatic carbocycles. The predicted molar refractivity (Wildman–Crippen MR) is 121 cm³/mol. The standard InChI is InChI=1S/C18H29BrN4O2.HI/c1-4-25-12-6-5-11-20-18(22-14-17(24)23(2)3)21-13-15-7-9-16(19)10-8-15;/h7-10H,4-6,11-14H2,1-3H3,(H2,20,21,22);1H. The average Bonchev–Trinajstić information content (AvgIpc) is 2.60. The normalized spacial score (nSPS) is 10.8. The van der Waals surface area contributed by atoms with Crippen molar-refractivity contribution in [3.8, 4) is 0 Å². The highest BCUT2D eigenvalue weighted by molar-refractivity contribution is 14.0. The van der Waals surface area contributed by atoms with Gasteiger partial charge in [-0.3, -0.25) is 4.79 Å². The fourth-order valence-corrected chi connectivity index (χ4v) is 2.20. The minimum atomic E-state index is 0. The van der Waals surface area contributed by atoms with Gasteiger partial charge in [-0.25, -0.2) is 4.99 Å². The smallest absolute Gasteiger partial charge is 0.241 e. The van der Waals surface area contributed by atoms with Gasteiger partial charge in [0.05, 0.1) is 13.1 Å². The third-order valence-electron chi connectivity index (χ3n) is 3.45. The van der Waals surface area contributed by atoms with Gasteiger partial charge in [-0.05, 0) is 37.5 Å². The van der Waals surface area contributed by atoms with Crippen molar-refractivity contribution in [3.63, 3.8) is 0 Å². The number of benzene rings is 1. The van der Waals surface area contributed by atoms with Crippen LogP contribution in [0.3, 0.4) is 0 Å². The van der Waals surface area contributed by atoms with Crippen molar-refractivity contribution in [2.24, 2.45) is 4.99 Å². The quantitative estimate of drug-likeness (QED) is 0.207. The van der Waals surface area contributed by atoms with Crippen LogP contribution in [0, 0.1) is 0 Å². The lowest BCUT2D eigenvalue weighted by Gasteiger charge is -2.15. The van der Waals surface area contributed by atoms with Gasteiger partial charge < -0.3 is 20.3 Å². The molecule has 148 valence electrons.